The molecule has 0 aromatic rings. The number of nitrogens with one attached hydrogen (secondary N) is 1. The molecule has 0 radical (unpaired) electrons. The molecule has 25 heavy (non-hydrogen) atoms. The van der Waals surface area contributed by atoms with E-state index in [0.29, 0.717) is 0 Å². The third kappa shape index (κ3) is 10.6. The summed E-state index contributed by atoms with van der Waals surface area (Å²) in [6.07, 6.45) is -1.19. The van der Waals surface area contributed by atoms with Crippen molar-refractivity contribution in [3.63, 3.8) is 0 Å². The number of hydrogen-bond acceptors (Lipinski definition) is 6. The van der Waals surface area contributed by atoms with Gasteiger partial charge in [0.2, 0.25) is 0 Å². The van der Waals surface area contributed by atoms with Gasteiger partial charge in [0.25, 0.3) is 0 Å². The van der Waals surface area contributed by atoms with Gasteiger partial charge in [-0.1, -0.05) is 0 Å². The highest BCUT2D eigenvalue weighted by atomic mass is 16.6. The first-order chi connectivity index (χ1) is 10.8. The molecule has 0 saturated heterocycles. The number of ether oxygens (including phenoxy) is 3. The van der Waals surface area contributed by atoms with Crippen LogP contribution in [0.5, 0.6) is 0 Å². The summed E-state index contributed by atoms with van der Waals surface area (Å²) in [6.45, 7) is 16.8. The topological polar surface area (TPSA) is 90.9 Å². The van der Waals surface area contributed by atoms with E-state index in [1.165, 1.54) is 6.92 Å². The van der Waals surface area contributed by atoms with Gasteiger partial charge in [0, 0.05) is 0 Å². The second-order valence-electron chi connectivity index (χ2n) is 9.22. The molecule has 0 aliphatic rings. The van der Waals surface area contributed by atoms with E-state index in [1.54, 1.807) is 62.3 Å². The maximum absolute atomic E-state index is 12.6. The van der Waals surface area contributed by atoms with Crippen LogP contribution in [-0.4, -0.2) is 40.4 Å². The zero-order valence-electron chi connectivity index (χ0n) is 17.2. The Morgan fingerprint density at radius 2 is 1.08 bits per heavy atom. The van der Waals surface area contributed by atoms with Crippen LogP contribution in [0, 0.1) is 0 Å². The van der Waals surface area contributed by atoms with Crippen LogP contribution < -0.4 is 5.32 Å². The Morgan fingerprint density at radius 1 is 0.680 bits per heavy atom. The fourth-order valence-electron chi connectivity index (χ4n) is 1.75. The molecule has 1 atom stereocenters. The van der Waals surface area contributed by atoms with Gasteiger partial charge < -0.3 is 19.5 Å². The fraction of sp³-hybridized carbons (Fsp3) is 0.833. The Kier molecular flexibility index (Phi) is 7.07. The molecular weight excluding hydrogens is 326 g/mol. The van der Waals surface area contributed by atoms with Crippen LogP contribution >= 0.6 is 0 Å². The lowest BCUT2D eigenvalue weighted by Gasteiger charge is -2.33. The number of carbonyl (C=O) groups excluding carboxylic acids is 3. The third-order valence-electron chi connectivity index (χ3n) is 2.54. The third-order valence-corrected chi connectivity index (χ3v) is 2.54. The maximum atomic E-state index is 12.6. The van der Waals surface area contributed by atoms with E-state index in [-0.39, 0.29) is 6.42 Å². The van der Waals surface area contributed by atoms with E-state index in [9.17, 15) is 14.4 Å². The summed E-state index contributed by atoms with van der Waals surface area (Å²) in [4.78, 5) is 36.9. The molecule has 1 amide bonds. The number of alkyl carbamates (subject to hydrolysis) is 1. The van der Waals surface area contributed by atoms with Crippen LogP contribution in [0.4, 0.5) is 4.79 Å². The van der Waals surface area contributed by atoms with E-state index < -0.39 is 40.4 Å². The van der Waals surface area contributed by atoms with Crippen molar-refractivity contribution in [3.8, 4) is 0 Å². The standard InChI is InChI=1S/C18H33NO6/c1-15(2,3)23-12(20)11-18(10,13(21)24-16(4,5)6)19-14(22)25-17(7,8)9/h11H2,1-10H3,(H,19,22). The van der Waals surface area contributed by atoms with Crippen LogP contribution in [0.2, 0.25) is 0 Å². The van der Waals surface area contributed by atoms with Crippen molar-refractivity contribution in [2.75, 3.05) is 0 Å². The molecule has 0 aliphatic carbocycles. The van der Waals surface area contributed by atoms with Crippen LogP contribution in [0.3, 0.4) is 0 Å². The van der Waals surface area contributed by atoms with Gasteiger partial charge >= 0.3 is 18.0 Å². The molecule has 0 aromatic heterocycles. The average Bonchev–Trinajstić information content (AvgIpc) is 2.19. The minimum Gasteiger partial charge on any atom is -0.460 e. The first-order valence-corrected chi connectivity index (χ1v) is 8.29. The number of hydrogen-bond donors (Lipinski definition) is 1. The van der Waals surface area contributed by atoms with E-state index in [1.807, 2.05) is 0 Å². The number of amides is 1. The van der Waals surface area contributed by atoms with Gasteiger partial charge in [-0.25, -0.2) is 9.59 Å². The van der Waals surface area contributed by atoms with Crippen molar-refractivity contribution in [1.29, 1.82) is 0 Å². The van der Waals surface area contributed by atoms with E-state index >= 15 is 0 Å². The van der Waals surface area contributed by atoms with Gasteiger partial charge in [0.05, 0.1) is 6.42 Å². The Hall–Kier alpha value is -1.79. The largest absolute Gasteiger partial charge is 0.460 e. The monoisotopic (exact) mass is 359 g/mol. The van der Waals surface area contributed by atoms with Crippen molar-refractivity contribution >= 4 is 18.0 Å². The second kappa shape index (κ2) is 7.62. The van der Waals surface area contributed by atoms with E-state index in [2.05, 4.69) is 5.32 Å². The molecule has 0 aliphatic heterocycles. The smallest absolute Gasteiger partial charge is 0.408 e. The average molecular weight is 359 g/mol. The van der Waals surface area contributed by atoms with Crippen LogP contribution in [-0.2, 0) is 23.8 Å². The first kappa shape index (κ1) is 23.2. The minimum atomic E-state index is -1.61. The number of rotatable bonds is 4. The molecule has 0 rings (SSSR count). The lowest BCUT2D eigenvalue weighted by atomic mass is 9.97. The van der Waals surface area contributed by atoms with Crippen LogP contribution in [0.1, 0.15) is 75.7 Å². The van der Waals surface area contributed by atoms with Crippen molar-refractivity contribution < 1.29 is 28.6 Å². The van der Waals surface area contributed by atoms with E-state index in [0.717, 1.165) is 0 Å². The summed E-state index contributed by atoms with van der Waals surface area (Å²) < 4.78 is 15.8. The molecule has 0 bridgehead atoms. The zero-order valence-corrected chi connectivity index (χ0v) is 17.2. The van der Waals surface area contributed by atoms with Gasteiger partial charge in [-0.2, -0.15) is 0 Å². The van der Waals surface area contributed by atoms with Crippen molar-refractivity contribution in [1.82, 2.24) is 5.32 Å². The summed E-state index contributed by atoms with van der Waals surface area (Å²) >= 11 is 0. The molecule has 1 N–H and O–H groups in total. The number of esters is 2. The van der Waals surface area contributed by atoms with Crippen LogP contribution in [0.25, 0.3) is 0 Å². The minimum absolute atomic E-state index is 0.377. The molecule has 0 saturated carbocycles. The summed E-state index contributed by atoms with van der Waals surface area (Å²) in [5.41, 5.74) is -3.84. The Morgan fingerprint density at radius 3 is 1.44 bits per heavy atom. The van der Waals surface area contributed by atoms with E-state index in [4.69, 9.17) is 14.2 Å². The van der Waals surface area contributed by atoms with Crippen LogP contribution in [0.15, 0.2) is 0 Å². The Labute approximate surface area is 150 Å². The van der Waals surface area contributed by atoms with Gasteiger partial charge in [-0.3, -0.25) is 4.79 Å². The van der Waals surface area contributed by atoms with Gasteiger partial charge in [-0.15, -0.1) is 0 Å². The quantitative estimate of drug-likeness (QED) is 0.611. The summed E-state index contributed by atoms with van der Waals surface area (Å²) in [5, 5.41) is 2.45. The molecule has 0 spiro atoms. The normalized spacial score (nSPS) is 15.0. The maximum Gasteiger partial charge on any atom is 0.408 e. The lowest BCUT2D eigenvalue weighted by molar-refractivity contribution is -0.169. The molecule has 146 valence electrons. The van der Waals surface area contributed by atoms with Gasteiger partial charge in [-0.05, 0) is 69.2 Å². The fourth-order valence-corrected chi connectivity index (χ4v) is 1.75. The molecule has 1 unspecified atom stereocenters. The molecule has 0 fully saturated rings. The summed E-state index contributed by atoms with van der Waals surface area (Å²) in [7, 11) is 0. The summed E-state index contributed by atoms with van der Waals surface area (Å²) in [6, 6.07) is 0. The molecule has 0 heterocycles. The summed E-state index contributed by atoms with van der Waals surface area (Å²) in [5.74, 6) is -1.37. The van der Waals surface area contributed by atoms with Crippen molar-refractivity contribution in [2.24, 2.45) is 0 Å². The Balaban J connectivity index is 5.39. The predicted molar refractivity (Wildman–Crippen MR) is 94.1 cm³/mol. The molecular formula is C18H33NO6. The van der Waals surface area contributed by atoms with Crippen molar-refractivity contribution in [2.45, 2.75) is 98.0 Å². The first-order valence-electron chi connectivity index (χ1n) is 8.29. The zero-order chi connectivity index (χ0) is 20.3. The molecule has 7 heteroatoms. The van der Waals surface area contributed by atoms with Gasteiger partial charge in [0.15, 0.2) is 0 Å². The predicted octanol–water partition coefficient (Wildman–Crippen LogP) is 3.34. The SMILES string of the molecule is CC(C)(C)OC(=O)CC(C)(NC(=O)OC(C)(C)C)C(=O)OC(C)(C)C. The highest BCUT2D eigenvalue weighted by Gasteiger charge is 2.42. The second-order valence-corrected chi connectivity index (χ2v) is 9.22. The highest BCUT2D eigenvalue weighted by Crippen LogP contribution is 2.21. The molecule has 7 nitrogen and oxygen atoms in total. The lowest BCUT2D eigenvalue weighted by Crippen LogP contribution is -2.56. The van der Waals surface area contributed by atoms with Gasteiger partial charge in [0.1, 0.15) is 22.3 Å². The Bertz CT molecular complexity index is 475. The van der Waals surface area contributed by atoms with Crippen molar-refractivity contribution in [3.05, 3.63) is 0 Å². The molecule has 0 aromatic carbocycles. The number of carbonyl (C=O) groups is 3. The highest BCUT2D eigenvalue weighted by molar-refractivity contribution is 5.90.